The van der Waals surface area contributed by atoms with Crippen molar-refractivity contribution in [2.75, 3.05) is 13.2 Å². The fourth-order valence-corrected chi connectivity index (χ4v) is 6.85. The number of carbonyl (C=O) groups is 3. The van der Waals surface area contributed by atoms with Crippen LogP contribution in [0.25, 0.3) is 0 Å². The number of ether oxygens (including phenoxy) is 3. The molecule has 0 radical (unpaired) electrons. The first kappa shape index (κ1) is 50.4. The Morgan fingerprint density at radius 3 is 0.769 bits per heavy atom. The van der Waals surface area contributed by atoms with Gasteiger partial charge in [0.1, 0.15) is 13.2 Å². The molecule has 0 bridgehead atoms. The maximum absolute atomic E-state index is 12.7. The number of hydrogen-bond acceptors (Lipinski definition) is 6. The van der Waals surface area contributed by atoms with Gasteiger partial charge in [-0.1, -0.05) is 220 Å². The first-order valence-corrected chi connectivity index (χ1v) is 23.0. The molecule has 52 heavy (non-hydrogen) atoms. The molecule has 0 N–H and O–H groups in total. The summed E-state index contributed by atoms with van der Waals surface area (Å²) in [6.07, 6.45) is 42.3. The van der Waals surface area contributed by atoms with E-state index in [4.69, 9.17) is 14.2 Å². The zero-order valence-corrected chi connectivity index (χ0v) is 35.1. The monoisotopic (exact) mass is 737 g/mol. The Balaban J connectivity index is 4.29. The Kier molecular flexibility index (Phi) is 40.9. The molecule has 0 aromatic carbocycles. The maximum Gasteiger partial charge on any atom is 0.306 e. The maximum atomic E-state index is 12.7. The van der Waals surface area contributed by atoms with Crippen molar-refractivity contribution in [2.45, 2.75) is 264 Å². The lowest BCUT2D eigenvalue weighted by atomic mass is 10.0. The fraction of sp³-hybridized carbons (Fsp3) is 0.935. The molecule has 0 aliphatic heterocycles. The molecule has 308 valence electrons. The normalized spacial score (nSPS) is 11.8. The molecule has 0 aliphatic carbocycles. The Morgan fingerprint density at radius 1 is 0.308 bits per heavy atom. The van der Waals surface area contributed by atoms with Gasteiger partial charge in [0.15, 0.2) is 6.10 Å². The van der Waals surface area contributed by atoms with Crippen LogP contribution in [0.5, 0.6) is 0 Å². The van der Waals surface area contributed by atoms with Gasteiger partial charge in [0.05, 0.1) is 0 Å². The SMILES string of the molecule is CCCCCCCCCCCCCCCCCC(=O)O[C@@H](COC(=O)CCCCCCCCCCC)COC(=O)CCCCCCCCCCCC. The lowest BCUT2D eigenvalue weighted by molar-refractivity contribution is -0.167. The van der Waals surface area contributed by atoms with Gasteiger partial charge in [0.25, 0.3) is 0 Å². The second kappa shape index (κ2) is 42.2. The predicted molar refractivity (Wildman–Crippen MR) is 220 cm³/mol. The van der Waals surface area contributed by atoms with E-state index in [2.05, 4.69) is 20.8 Å². The Labute approximate surface area is 323 Å². The number of unbranched alkanes of at least 4 members (excludes halogenated alkanes) is 31. The van der Waals surface area contributed by atoms with E-state index >= 15 is 0 Å². The molecule has 0 unspecified atom stereocenters. The summed E-state index contributed by atoms with van der Waals surface area (Å²) in [5.41, 5.74) is 0. The van der Waals surface area contributed by atoms with Crippen molar-refractivity contribution in [1.82, 2.24) is 0 Å². The van der Waals surface area contributed by atoms with Crippen LogP contribution in [0.15, 0.2) is 0 Å². The fourth-order valence-electron chi connectivity index (χ4n) is 6.85. The molecule has 0 heterocycles. The van der Waals surface area contributed by atoms with Crippen molar-refractivity contribution in [3.63, 3.8) is 0 Å². The third-order valence-corrected chi connectivity index (χ3v) is 10.4. The van der Waals surface area contributed by atoms with Crippen LogP contribution in [0, 0.1) is 0 Å². The van der Waals surface area contributed by atoms with Crippen molar-refractivity contribution >= 4 is 17.9 Å². The zero-order chi connectivity index (χ0) is 38.0. The zero-order valence-electron chi connectivity index (χ0n) is 35.1. The summed E-state index contributed by atoms with van der Waals surface area (Å²) in [7, 11) is 0. The largest absolute Gasteiger partial charge is 0.462 e. The predicted octanol–water partition coefficient (Wildman–Crippen LogP) is 14.5. The van der Waals surface area contributed by atoms with Gasteiger partial charge < -0.3 is 14.2 Å². The van der Waals surface area contributed by atoms with Crippen molar-refractivity contribution < 1.29 is 28.6 Å². The van der Waals surface area contributed by atoms with Crippen LogP contribution >= 0.6 is 0 Å². The van der Waals surface area contributed by atoms with Gasteiger partial charge in [-0.3, -0.25) is 14.4 Å². The number of rotatable bonds is 42. The van der Waals surface area contributed by atoms with Crippen LogP contribution in [-0.2, 0) is 28.6 Å². The van der Waals surface area contributed by atoms with Gasteiger partial charge >= 0.3 is 17.9 Å². The van der Waals surface area contributed by atoms with Gasteiger partial charge in [0.2, 0.25) is 0 Å². The molecule has 0 saturated heterocycles. The highest BCUT2D eigenvalue weighted by Crippen LogP contribution is 2.16. The van der Waals surface area contributed by atoms with Crippen molar-refractivity contribution in [1.29, 1.82) is 0 Å². The van der Waals surface area contributed by atoms with Crippen LogP contribution in [0.4, 0.5) is 0 Å². The third-order valence-electron chi connectivity index (χ3n) is 10.4. The van der Waals surface area contributed by atoms with Gasteiger partial charge in [-0.05, 0) is 19.3 Å². The van der Waals surface area contributed by atoms with Gasteiger partial charge in [0, 0.05) is 19.3 Å². The number of carbonyl (C=O) groups excluding carboxylic acids is 3. The van der Waals surface area contributed by atoms with E-state index in [1.54, 1.807) is 0 Å². The highest BCUT2D eigenvalue weighted by molar-refractivity contribution is 5.71. The first-order chi connectivity index (χ1) is 25.5. The topological polar surface area (TPSA) is 78.9 Å². The van der Waals surface area contributed by atoms with E-state index in [1.807, 2.05) is 0 Å². The van der Waals surface area contributed by atoms with Crippen LogP contribution in [-0.4, -0.2) is 37.2 Å². The van der Waals surface area contributed by atoms with Crippen LogP contribution in [0.3, 0.4) is 0 Å². The molecule has 6 nitrogen and oxygen atoms in total. The second-order valence-electron chi connectivity index (χ2n) is 15.7. The van der Waals surface area contributed by atoms with E-state index in [-0.39, 0.29) is 31.1 Å². The van der Waals surface area contributed by atoms with E-state index in [0.29, 0.717) is 19.3 Å². The van der Waals surface area contributed by atoms with Gasteiger partial charge in [-0.25, -0.2) is 0 Å². The highest BCUT2D eigenvalue weighted by Gasteiger charge is 2.19. The Hall–Kier alpha value is -1.59. The molecule has 0 fully saturated rings. The third kappa shape index (κ3) is 39.6. The minimum atomic E-state index is -0.757. The lowest BCUT2D eigenvalue weighted by Crippen LogP contribution is -2.30. The summed E-state index contributed by atoms with van der Waals surface area (Å²) in [6.45, 7) is 6.63. The molecule has 0 amide bonds. The average molecular weight is 737 g/mol. The summed E-state index contributed by atoms with van der Waals surface area (Å²) < 4.78 is 16.7. The van der Waals surface area contributed by atoms with Gasteiger partial charge in [-0.15, -0.1) is 0 Å². The average Bonchev–Trinajstić information content (AvgIpc) is 3.14. The minimum absolute atomic E-state index is 0.0630. The first-order valence-electron chi connectivity index (χ1n) is 23.0. The molecule has 0 spiro atoms. The molecule has 0 aromatic heterocycles. The summed E-state index contributed by atoms with van der Waals surface area (Å²) in [5.74, 6) is -0.854. The highest BCUT2D eigenvalue weighted by atomic mass is 16.6. The van der Waals surface area contributed by atoms with Crippen molar-refractivity contribution in [3.05, 3.63) is 0 Å². The molecule has 6 heteroatoms. The summed E-state index contributed by atoms with van der Waals surface area (Å²) >= 11 is 0. The number of esters is 3. The van der Waals surface area contributed by atoms with Gasteiger partial charge in [-0.2, -0.15) is 0 Å². The molecular weight excluding hydrogens is 648 g/mol. The smallest absolute Gasteiger partial charge is 0.306 e. The molecule has 0 aromatic rings. The molecule has 0 saturated carbocycles. The van der Waals surface area contributed by atoms with E-state index in [1.165, 1.54) is 161 Å². The summed E-state index contributed by atoms with van der Waals surface area (Å²) in [5, 5.41) is 0. The van der Waals surface area contributed by atoms with E-state index in [0.717, 1.165) is 57.8 Å². The van der Waals surface area contributed by atoms with Crippen molar-refractivity contribution in [3.8, 4) is 0 Å². The lowest BCUT2D eigenvalue weighted by Gasteiger charge is -2.18. The molecule has 0 aliphatic rings. The second-order valence-corrected chi connectivity index (χ2v) is 15.7. The quantitative estimate of drug-likeness (QED) is 0.0353. The standard InChI is InChI=1S/C46H88O6/c1-4-7-10-13-16-19-21-22-23-24-25-28-31-34-37-40-46(49)52-43(41-50-44(47)38-35-32-29-26-18-15-12-9-6-3)42-51-45(48)39-36-33-30-27-20-17-14-11-8-5-2/h43H,4-42H2,1-3H3/t43-/m0/s1. The van der Waals surface area contributed by atoms with Crippen LogP contribution in [0.2, 0.25) is 0 Å². The summed E-state index contributed by atoms with van der Waals surface area (Å²) in [6, 6.07) is 0. The molecular formula is C46H88O6. The number of hydrogen-bond donors (Lipinski definition) is 0. The van der Waals surface area contributed by atoms with Crippen molar-refractivity contribution in [2.24, 2.45) is 0 Å². The Morgan fingerprint density at radius 2 is 0.519 bits per heavy atom. The minimum Gasteiger partial charge on any atom is -0.462 e. The summed E-state index contributed by atoms with van der Waals surface area (Å²) in [4.78, 5) is 37.6. The van der Waals surface area contributed by atoms with Crippen LogP contribution in [0.1, 0.15) is 258 Å². The molecule has 0 rings (SSSR count). The van der Waals surface area contributed by atoms with E-state index < -0.39 is 6.10 Å². The van der Waals surface area contributed by atoms with Crippen LogP contribution < -0.4 is 0 Å². The molecule has 1 atom stereocenters. The van der Waals surface area contributed by atoms with E-state index in [9.17, 15) is 14.4 Å². The Bertz CT molecular complexity index is 768.